The molecule has 2 atom stereocenters. The first-order chi connectivity index (χ1) is 13.3. The minimum Gasteiger partial charge on any atom is -0.496 e. The predicted molar refractivity (Wildman–Crippen MR) is 101 cm³/mol. The van der Waals surface area contributed by atoms with Gasteiger partial charge in [0.2, 0.25) is 0 Å². The Kier molecular flexibility index (Phi) is 6.77. The van der Waals surface area contributed by atoms with Crippen molar-refractivity contribution in [3.05, 3.63) is 23.3 Å². The number of benzene rings is 1. The van der Waals surface area contributed by atoms with Gasteiger partial charge in [-0.1, -0.05) is 0 Å². The summed E-state index contributed by atoms with van der Waals surface area (Å²) >= 11 is 1.10. The first-order valence-electron chi connectivity index (χ1n) is 9.31. The van der Waals surface area contributed by atoms with Gasteiger partial charge in [-0.2, -0.15) is 13.2 Å². The van der Waals surface area contributed by atoms with Crippen LogP contribution < -0.4 is 10.1 Å². The smallest absolute Gasteiger partial charge is 0.416 e. The van der Waals surface area contributed by atoms with Gasteiger partial charge >= 0.3 is 6.18 Å². The molecule has 2 fully saturated rings. The molecule has 1 aromatic carbocycles. The standard InChI is InChI=1S/C19H25F3N2O3S/c1-26-15-9-12(19(20,21)22)10-16(28-2)17(15)18(25)23-13-5-8-27-11-14(13)24-6-3-4-7-24/h9-10,13-14H,3-8,11H2,1-2H3,(H,23,25)/t13-,14+/m0/s1. The lowest BCUT2D eigenvalue weighted by Crippen LogP contribution is -2.56. The largest absolute Gasteiger partial charge is 0.496 e. The van der Waals surface area contributed by atoms with Crippen LogP contribution in [0.1, 0.15) is 35.2 Å². The molecular weight excluding hydrogens is 393 g/mol. The van der Waals surface area contributed by atoms with Gasteiger partial charge in [0.05, 0.1) is 30.9 Å². The summed E-state index contributed by atoms with van der Waals surface area (Å²) in [5, 5.41) is 3.03. The van der Waals surface area contributed by atoms with Gasteiger partial charge in [-0.25, -0.2) is 0 Å². The molecule has 0 unspecified atom stereocenters. The van der Waals surface area contributed by atoms with Crippen LogP contribution in [0.5, 0.6) is 5.75 Å². The number of carbonyl (C=O) groups is 1. The maximum Gasteiger partial charge on any atom is 0.416 e. The third-order valence-corrected chi connectivity index (χ3v) is 6.07. The van der Waals surface area contributed by atoms with Crippen molar-refractivity contribution in [2.24, 2.45) is 0 Å². The van der Waals surface area contributed by atoms with Crippen LogP contribution in [-0.2, 0) is 10.9 Å². The number of carbonyl (C=O) groups excluding carboxylic acids is 1. The first kappa shape index (κ1) is 21.3. The molecule has 0 spiro atoms. The summed E-state index contributed by atoms with van der Waals surface area (Å²) in [6.07, 6.45) is 0.0625. The van der Waals surface area contributed by atoms with E-state index in [-0.39, 0.29) is 28.3 Å². The zero-order chi connectivity index (χ0) is 20.3. The Morgan fingerprint density at radius 1 is 1.32 bits per heavy atom. The van der Waals surface area contributed by atoms with Crippen LogP contribution in [0.15, 0.2) is 17.0 Å². The fraction of sp³-hybridized carbons (Fsp3) is 0.632. The summed E-state index contributed by atoms with van der Waals surface area (Å²) in [6, 6.07) is 1.86. The van der Waals surface area contributed by atoms with Crippen molar-refractivity contribution in [1.29, 1.82) is 0 Å². The molecule has 5 nitrogen and oxygen atoms in total. The van der Waals surface area contributed by atoms with Crippen molar-refractivity contribution in [2.75, 3.05) is 39.7 Å². The minimum absolute atomic E-state index is 0.0681. The number of alkyl halides is 3. The van der Waals surface area contributed by atoms with Gasteiger partial charge in [-0.15, -0.1) is 11.8 Å². The topological polar surface area (TPSA) is 50.8 Å². The maximum absolute atomic E-state index is 13.2. The molecule has 156 valence electrons. The lowest BCUT2D eigenvalue weighted by Gasteiger charge is -2.38. The predicted octanol–water partition coefficient (Wildman–Crippen LogP) is 3.42. The summed E-state index contributed by atoms with van der Waals surface area (Å²) in [4.78, 5) is 15.6. The molecule has 2 saturated heterocycles. The van der Waals surface area contributed by atoms with Gasteiger partial charge in [-0.05, 0) is 50.7 Å². The van der Waals surface area contributed by atoms with E-state index in [0.717, 1.165) is 49.8 Å². The number of ether oxygens (including phenoxy) is 2. The number of hydrogen-bond donors (Lipinski definition) is 1. The fourth-order valence-electron chi connectivity index (χ4n) is 3.86. The number of nitrogens with one attached hydrogen (secondary N) is 1. The zero-order valence-corrected chi connectivity index (χ0v) is 16.8. The van der Waals surface area contributed by atoms with Crippen molar-refractivity contribution < 1.29 is 27.4 Å². The second-order valence-electron chi connectivity index (χ2n) is 7.01. The highest BCUT2D eigenvalue weighted by atomic mass is 32.2. The van der Waals surface area contributed by atoms with Gasteiger partial charge in [0.25, 0.3) is 5.91 Å². The molecular formula is C19H25F3N2O3S. The number of nitrogens with zero attached hydrogens (tertiary/aromatic N) is 1. The highest BCUT2D eigenvalue weighted by Gasteiger charge is 2.36. The lowest BCUT2D eigenvalue weighted by atomic mass is 10.0. The molecule has 0 radical (unpaired) electrons. The van der Waals surface area contributed by atoms with Crippen LogP contribution in [0, 0.1) is 0 Å². The lowest BCUT2D eigenvalue weighted by molar-refractivity contribution is -0.137. The van der Waals surface area contributed by atoms with Crippen LogP contribution in [0.2, 0.25) is 0 Å². The second-order valence-corrected chi connectivity index (χ2v) is 7.86. The Morgan fingerprint density at radius 3 is 2.64 bits per heavy atom. The quantitative estimate of drug-likeness (QED) is 0.743. The molecule has 9 heteroatoms. The first-order valence-corrected chi connectivity index (χ1v) is 10.5. The molecule has 1 amide bonds. The Balaban J connectivity index is 1.86. The molecule has 2 aliphatic rings. The van der Waals surface area contributed by atoms with E-state index in [1.54, 1.807) is 6.26 Å². The number of methoxy groups -OCH3 is 1. The number of amides is 1. The Labute approximate surface area is 166 Å². The van der Waals surface area contributed by atoms with Crippen LogP contribution >= 0.6 is 11.8 Å². The van der Waals surface area contributed by atoms with Crippen molar-refractivity contribution in [2.45, 2.75) is 42.4 Å². The molecule has 1 N–H and O–H groups in total. The summed E-state index contributed by atoms with van der Waals surface area (Å²) in [5.74, 6) is -0.479. The molecule has 0 saturated carbocycles. The van der Waals surface area contributed by atoms with E-state index >= 15 is 0 Å². The highest BCUT2D eigenvalue weighted by Crippen LogP contribution is 2.38. The maximum atomic E-state index is 13.2. The van der Waals surface area contributed by atoms with Gasteiger partial charge in [0.1, 0.15) is 5.75 Å². The van der Waals surface area contributed by atoms with E-state index in [1.165, 1.54) is 7.11 Å². The van der Waals surface area contributed by atoms with E-state index in [0.29, 0.717) is 19.6 Å². The number of halogens is 3. The minimum atomic E-state index is -4.51. The van der Waals surface area contributed by atoms with Gasteiger partial charge in [-0.3, -0.25) is 9.69 Å². The number of rotatable bonds is 5. The van der Waals surface area contributed by atoms with Crippen LogP contribution in [0.25, 0.3) is 0 Å². The van der Waals surface area contributed by atoms with Crippen LogP contribution in [0.4, 0.5) is 13.2 Å². The van der Waals surface area contributed by atoms with Crippen LogP contribution in [0.3, 0.4) is 0 Å². The van der Waals surface area contributed by atoms with E-state index in [1.807, 2.05) is 0 Å². The molecule has 2 heterocycles. The highest BCUT2D eigenvalue weighted by molar-refractivity contribution is 7.98. The van der Waals surface area contributed by atoms with Crippen molar-refractivity contribution in [3.8, 4) is 5.75 Å². The number of thioether (sulfide) groups is 1. The fourth-order valence-corrected chi connectivity index (χ4v) is 4.51. The average Bonchev–Trinajstić information content (AvgIpc) is 3.21. The third-order valence-electron chi connectivity index (χ3n) is 5.31. The van der Waals surface area contributed by atoms with E-state index in [2.05, 4.69) is 10.2 Å². The van der Waals surface area contributed by atoms with Crippen molar-refractivity contribution in [1.82, 2.24) is 10.2 Å². The van der Waals surface area contributed by atoms with E-state index in [4.69, 9.17) is 9.47 Å². The number of hydrogen-bond acceptors (Lipinski definition) is 5. The zero-order valence-electron chi connectivity index (χ0n) is 16.0. The van der Waals surface area contributed by atoms with Crippen molar-refractivity contribution in [3.63, 3.8) is 0 Å². The summed E-state index contributed by atoms with van der Waals surface area (Å²) in [5.41, 5.74) is -0.680. The molecule has 3 rings (SSSR count). The molecule has 1 aromatic rings. The average molecular weight is 418 g/mol. The monoisotopic (exact) mass is 418 g/mol. The molecule has 0 aromatic heterocycles. The summed E-state index contributed by atoms with van der Waals surface area (Å²) in [6.45, 7) is 3.04. The molecule has 28 heavy (non-hydrogen) atoms. The van der Waals surface area contributed by atoms with E-state index in [9.17, 15) is 18.0 Å². The SMILES string of the molecule is COc1cc(C(F)(F)F)cc(SC)c1C(=O)N[C@H]1CCOC[C@H]1N1CCCC1. The van der Waals surface area contributed by atoms with Gasteiger partial charge < -0.3 is 14.8 Å². The normalized spacial score (nSPS) is 23.6. The number of likely N-dealkylation sites (tertiary alicyclic amines) is 1. The molecule has 2 aliphatic heterocycles. The Bertz CT molecular complexity index is 683. The third kappa shape index (κ3) is 4.58. The summed E-state index contributed by atoms with van der Waals surface area (Å²) < 4.78 is 50.3. The Hall–Kier alpha value is -1.45. The second kappa shape index (κ2) is 8.92. The van der Waals surface area contributed by atoms with Gasteiger partial charge in [0.15, 0.2) is 0 Å². The van der Waals surface area contributed by atoms with Gasteiger partial charge in [0, 0.05) is 17.5 Å². The molecule has 0 bridgehead atoms. The van der Waals surface area contributed by atoms with Crippen LogP contribution in [-0.4, -0.2) is 62.6 Å². The van der Waals surface area contributed by atoms with E-state index < -0.39 is 17.6 Å². The molecule has 0 aliphatic carbocycles. The van der Waals surface area contributed by atoms with Crippen molar-refractivity contribution >= 4 is 17.7 Å². The summed E-state index contributed by atoms with van der Waals surface area (Å²) in [7, 11) is 1.28. The Morgan fingerprint density at radius 2 is 2.04 bits per heavy atom.